The zero-order valence-electron chi connectivity index (χ0n) is 12.5. The number of hydrogen-bond acceptors (Lipinski definition) is 3. The molecule has 0 radical (unpaired) electrons. The Morgan fingerprint density at radius 2 is 1.95 bits per heavy atom. The van der Waals surface area contributed by atoms with Crippen molar-refractivity contribution in [1.82, 2.24) is 4.90 Å². The van der Waals surface area contributed by atoms with Gasteiger partial charge in [0, 0.05) is 25.8 Å². The molecule has 0 bridgehead atoms. The highest BCUT2D eigenvalue weighted by molar-refractivity contribution is 5.97. The third-order valence-corrected chi connectivity index (χ3v) is 3.54. The smallest absolute Gasteiger partial charge is 0.335 e. The van der Waals surface area contributed by atoms with Gasteiger partial charge in [-0.3, -0.25) is 4.79 Å². The number of likely N-dealkylation sites (N-methyl/N-ethyl adjacent to an activating group) is 1. The fraction of sp³-hybridized carbons (Fsp3) is 0.500. The average Bonchev–Trinajstić information content (AvgIpc) is 3.26. The van der Waals surface area contributed by atoms with Gasteiger partial charge in [0.1, 0.15) is 0 Å². The molecular weight excluding hydrogens is 270 g/mol. The second-order valence-corrected chi connectivity index (χ2v) is 5.64. The van der Waals surface area contributed by atoms with Crippen LogP contribution in [0.2, 0.25) is 0 Å². The van der Waals surface area contributed by atoms with E-state index in [4.69, 9.17) is 9.84 Å². The monoisotopic (exact) mass is 291 g/mol. The molecular formula is C16H21NO4. The largest absolute Gasteiger partial charge is 0.478 e. The summed E-state index contributed by atoms with van der Waals surface area (Å²) in [4.78, 5) is 24.9. The van der Waals surface area contributed by atoms with Gasteiger partial charge in [0.25, 0.3) is 5.91 Å². The Balaban J connectivity index is 1.92. The summed E-state index contributed by atoms with van der Waals surface area (Å²) in [6.45, 7) is 3.57. The van der Waals surface area contributed by atoms with Crippen molar-refractivity contribution >= 4 is 11.9 Å². The van der Waals surface area contributed by atoms with Crippen LogP contribution in [0.25, 0.3) is 0 Å². The van der Waals surface area contributed by atoms with Gasteiger partial charge < -0.3 is 14.7 Å². The van der Waals surface area contributed by atoms with Gasteiger partial charge in [-0.15, -0.1) is 0 Å². The molecule has 114 valence electrons. The molecule has 0 spiro atoms. The first-order valence-electron chi connectivity index (χ1n) is 7.15. The number of amides is 1. The van der Waals surface area contributed by atoms with E-state index in [9.17, 15) is 9.59 Å². The van der Waals surface area contributed by atoms with Crippen LogP contribution in [0.1, 0.15) is 39.1 Å². The molecule has 5 heteroatoms. The summed E-state index contributed by atoms with van der Waals surface area (Å²) in [6, 6.07) is 4.67. The minimum absolute atomic E-state index is 0.136. The van der Waals surface area contributed by atoms with Gasteiger partial charge in [0.2, 0.25) is 0 Å². The Bertz CT molecular complexity index is 537. The van der Waals surface area contributed by atoms with Crippen molar-refractivity contribution in [2.45, 2.75) is 19.8 Å². The van der Waals surface area contributed by atoms with Gasteiger partial charge in [0.05, 0.1) is 12.2 Å². The molecule has 1 amide bonds. The molecule has 2 rings (SSSR count). The molecule has 0 saturated heterocycles. The number of carbonyl (C=O) groups is 2. The quantitative estimate of drug-likeness (QED) is 0.782. The molecule has 1 fully saturated rings. The molecule has 0 atom stereocenters. The van der Waals surface area contributed by atoms with E-state index in [1.807, 2.05) is 0 Å². The fourth-order valence-electron chi connectivity index (χ4n) is 2.09. The van der Waals surface area contributed by atoms with E-state index in [-0.39, 0.29) is 11.5 Å². The van der Waals surface area contributed by atoms with Gasteiger partial charge in [0.15, 0.2) is 0 Å². The van der Waals surface area contributed by atoms with Gasteiger partial charge >= 0.3 is 5.97 Å². The Kier molecular flexibility index (Phi) is 4.96. The van der Waals surface area contributed by atoms with Crippen LogP contribution in [0.15, 0.2) is 18.2 Å². The van der Waals surface area contributed by atoms with Crippen molar-refractivity contribution in [2.24, 2.45) is 5.92 Å². The summed E-state index contributed by atoms with van der Waals surface area (Å²) in [5, 5.41) is 9.04. The molecule has 0 aliphatic heterocycles. The van der Waals surface area contributed by atoms with Crippen LogP contribution in [0, 0.1) is 12.8 Å². The molecule has 1 aliphatic rings. The highest BCUT2D eigenvalue weighted by Gasteiger charge is 2.21. The van der Waals surface area contributed by atoms with E-state index in [1.54, 1.807) is 31.0 Å². The number of rotatable bonds is 7. The minimum Gasteiger partial charge on any atom is -0.478 e. The van der Waals surface area contributed by atoms with Crippen LogP contribution < -0.4 is 0 Å². The number of nitrogens with zero attached hydrogens (tertiary/aromatic N) is 1. The Hall–Kier alpha value is -1.88. The fourth-order valence-corrected chi connectivity index (χ4v) is 2.09. The van der Waals surface area contributed by atoms with Gasteiger partial charge in [-0.25, -0.2) is 4.79 Å². The maximum Gasteiger partial charge on any atom is 0.335 e. The van der Waals surface area contributed by atoms with Crippen LogP contribution >= 0.6 is 0 Å². The topological polar surface area (TPSA) is 66.8 Å². The summed E-state index contributed by atoms with van der Waals surface area (Å²) in [7, 11) is 1.70. The molecule has 21 heavy (non-hydrogen) atoms. The molecule has 1 aromatic rings. The lowest BCUT2D eigenvalue weighted by molar-refractivity contribution is 0.0680. The normalized spacial score (nSPS) is 14.0. The van der Waals surface area contributed by atoms with E-state index in [2.05, 4.69) is 0 Å². The Labute approximate surface area is 124 Å². The van der Waals surface area contributed by atoms with Crippen molar-refractivity contribution in [1.29, 1.82) is 0 Å². The lowest BCUT2D eigenvalue weighted by Crippen LogP contribution is -2.30. The Morgan fingerprint density at radius 1 is 1.29 bits per heavy atom. The molecule has 0 aromatic heterocycles. The van der Waals surface area contributed by atoms with Crippen LogP contribution in [0.4, 0.5) is 0 Å². The maximum atomic E-state index is 12.3. The molecule has 5 nitrogen and oxygen atoms in total. The first kappa shape index (κ1) is 15.5. The number of carboxylic acid groups (broad SMARTS) is 1. The number of ether oxygens (including phenoxy) is 1. The maximum absolute atomic E-state index is 12.3. The predicted octanol–water partition coefficient (Wildman–Crippen LogP) is 2.19. The number of carbonyl (C=O) groups excluding carboxylic acids is 1. The van der Waals surface area contributed by atoms with Crippen LogP contribution in [-0.2, 0) is 4.74 Å². The molecule has 1 N–H and O–H groups in total. The zero-order chi connectivity index (χ0) is 15.4. The number of carboxylic acids is 1. The lowest BCUT2D eigenvalue weighted by atomic mass is 10.1. The van der Waals surface area contributed by atoms with E-state index in [1.165, 1.54) is 18.9 Å². The summed E-state index contributed by atoms with van der Waals surface area (Å²) < 4.78 is 5.51. The van der Waals surface area contributed by atoms with Gasteiger partial charge in [-0.05, 0) is 49.4 Å². The second kappa shape index (κ2) is 6.72. The summed E-state index contributed by atoms with van der Waals surface area (Å²) >= 11 is 0. The highest BCUT2D eigenvalue weighted by Crippen LogP contribution is 2.28. The predicted molar refractivity (Wildman–Crippen MR) is 78.6 cm³/mol. The van der Waals surface area contributed by atoms with E-state index >= 15 is 0 Å². The van der Waals surface area contributed by atoms with Crippen molar-refractivity contribution < 1.29 is 19.4 Å². The third-order valence-electron chi connectivity index (χ3n) is 3.54. The van der Waals surface area contributed by atoms with Crippen molar-refractivity contribution in [3.63, 3.8) is 0 Å². The number of benzene rings is 1. The van der Waals surface area contributed by atoms with Crippen LogP contribution in [0.3, 0.4) is 0 Å². The third kappa shape index (κ3) is 4.56. The zero-order valence-corrected chi connectivity index (χ0v) is 12.5. The average molecular weight is 291 g/mol. The molecule has 0 heterocycles. The molecule has 0 unspecified atom stereocenters. The summed E-state index contributed by atoms with van der Waals surface area (Å²) in [5.41, 5.74) is 1.30. The van der Waals surface area contributed by atoms with Crippen molar-refractivity contribution in [3.05, 3.63) is 34.9 Å². The number of hydrogen-bond donors (Lipinski definition) is 1. The summed E-state index contributed by atoms with van der Waals surface area (Å²) in [6.07, 6.45) is 2.49. The van der Waals surface area contributed by atoms with Gasteiger partial charge in [-0.2, -0.15) is 0 Å². The van der Waals surface area contributed by atoms with Crippen molar-refractivity contribution in [3.8, 4) is 0 Å². The number of aromatic carboxylic acids is 1. The van der Waals surface area contributed by atoms with E-state index < -0.39 is 5.97 Å². The summed E-state index contributed by atoms with van der Waals surface area (Å²) in [5.74, 6) is -0.500. The van der Waals surface area contributed by atoms with Crippen LogP contribution in [0.5, 0.6) is 0 Å². The first-order chi connectivity index (χ1) is 9.97. The molecule has 1 saturated carbocycles. The van der Waals surface area contributed by atoms with E-state index in [0.717, 1.165) is 12.2 Å². The van der Waals surface area contributed by atoms with Crippen LogP contribution in [-0.4, -0.2) is 48.7 Å². The first-order valence-corrected chi connectivity index (χ1v) is 7.15. The Morgan fingerprint density at radius 3 is 2.57 bits per heavy atom. The SMILES string of the molecule is Cc1cc(C(=O)O)cc(C(=O)N(C)CCOCC2CC2)c1. The number of aryl methyl sites for hydroxylation is 1. The molecule has 1 aliphatic carbocycles. The minimum atomic E-state index is -1.02. The second-order valence-electron chi connectivity index (χ2n) is 5.64. The highest BCUT2D eigenvalue weighted by atomic mass is 16.5. The molecule has 1 aromatic carbocycles. The standard InChI is InChI=1S/C16H21NO4/c1-11-7-13(9-14(8-11)16(19)20)15(18)17(2)5-6-21-10-12-3-4-12/h7-9,12H,3-6,10H2,1-2H3,(H,19,20). The van der Waals surface area contributed by atoms with E-state index in [0.29, 0.717) is 24.6 Å². The van der Waals surface area contributed by atoms with Gasteiger partial charge in [-0.1, -0.05) is 0 Å². The lowest BCUT2D eigenvalue weighted by Gasteiger charge is -2.17. The van der Waals surface area contributed by atoms with Crippen molar-refractivity contribution in [2.75, 3.05) is 26.8 Å².